The molecule has 0 atom stereocenters. The maximum absolute atomic E-state index is 13.0. The van der Waals surface area contributed by atoms with E-state index in [1.54, 1.807) is 37.3 Å². The molecule has 3 aromatic rings. The van der Waals surface area contributed by atoms with E-state index in [1.807, 2.05) is 13.0 Å². The van der Waals surface area contributed by atoms with Crippen molar-refractivity contribution in [2.45, 2.75) is 51.3 Å². The van der Waals surface area contributed by atoms with Crippen LogP contribution >= 0.6 is 0 Å². The van der Waals surface area contributed by atoms with Gasteiger partial charge in [0.1, 0.15) is 0 Å². The van der Waals surface area contributed by atoms with Crippen LogP contribution in [0.15, 0.2) is 59.5 Å². The molecule has 0 radical (unpaired) electrons. The first-order chi connectivity index (χ1) is 16.6. The van der Waals surface area contributed by atoms with Crippen molar-refractivity contribution in [3.05, 3.63) is 88.0 Å². The summed E-state index contributed by atoms with van der Waals surface area (Å²) in [6.07, 6.45) is 1.96. The minimum absolute atomic E-state index is 0.0620. The maximum Gasteiger partial charge on any atom is 0.337 e. The Hall–Kier alpha value is -3.32. The summed E-state index contributed by atoms with van der Waals surface area (Å²) < 4.78 is 28.6. The summed E-state index contributed by atoms with van der Waals surface area (Å²) in [5.74, 6) is -0.690. The highest BCUT2D eigenvalue weighted by Gasteiger charge is 2.25. The molecule has 7 heteroatoms. The van der Waals surface area contributed by atoms with Crippen LogP contribution < -0.4 is 9.62 Å². The molecule has 4 rings (SSSR count). The van der Waals surface area contributed by atoms with Gasteiger partial charge in [0.25, 0.3) is 10.0 Å². The van der Waals surface area contributed by atoms with Gasteiger partial charge in [0.05, 0.1) is 16.1 Å². The lowest BCUT2D eigenvalue weighted by molar-refractivity contribution is 0.0698. The van der Waals surface area contributed by atoms with Crippen LogP contribution in [0.5, 0.6) is 0 Å². The second kappa shape index (κ2) is 9.74. The topological polar surface area (TPSA) is 86.7 Å². The molecule has 184 valence electrons. The molecule has 0 aromatic heterocycles. The second-order valence-corrected chi connectivity index (χ2v) is 11.1. The number of benzene rings is 3. The Morgan fingerprint density at radius 1 is 0.943 bits per heavy atom. The number of carboxylic acids is 1. The molecule has 0 spiro atoms. The van der Waals surface area contributed by atoms with Crippen molar-refractivity contribution in [2.75, 3.05) is 22.7 Å². The smallest absolute Gasteiger partial charge is 0.337 e. The highest BCUT2D eigenvalue weighted by molar-refractivity contribution is 7.92. The Bertz CT molecular complexity index is 1370. The van der Waals surface area contributed by atoms with E-state index in [2.05, 4.69) is 41.7 Å². The molecule has 1 aliphatic heterocycles. The van der Waals surface area contributed by atoms with Gasteiger partial charge in [-0.25, -0.2) is 13.2 Å². The fourth-order valence-electron chi connectivity index (χ4n) is 4.86. The van der Waals surface area contributed by atoms with Gasteiger partial charge in [-0.3, -0.25) is 4.72 Å². The zero-order valence-corrected chi connectivity index (χ0v) is 21.4. The molecule has 1 aliphatic rings. The van der Waals surface area contributed by atoms with Gasteiger partial charge in [-0.2, -0.15) is 0 Å². The van der Waals surface area contributed by atoms with Crippen molar-refractivity contribution in [1.29, 1.82) is 0 Å². The Balaban J connectivity index is 1.55. The number of rotatable bonds is 6. The number of piperidine rings is 1. The summed E-state index contributed by atoms with van der Waals surface area (Å²) in [4.78, 5) is 14.4. The molecule has 0 bridgehead atoms. The summed E-state index contributed by atoms with van der Waals surface area (Å²) in [5, 5.41) is 9.85. The van der Waals surface area contributed by atoms with Gasteiger partial charge in [0, 0.05) is 18.8 Å². The number of aryl methyl sites for hydroxylation is 3. The summed E-state index contributed by atoms with van der Waals surface area (Å²) in [5.41, 5.74) is 6.25. The summed E-state index contributed by atoms with van der Waals surface area (Å²) in [6.45, 7) is 9.47. The SMILES string of the molecule is Cc1ccc(C)c(S(=O)(=O)Nc2ccc(N3CCC(c4cccc(C)c4C)CC3)cc2C(=O)O)c1. The molecule has 2 N–H and O–H groups in total. The Morgan fingerprint density at radius 3 is 2.34 bits per heavy atom. The first kappa shape index (κ1) is 24.8. The lowest BCUT2D eigenvalue weighted by Gasteiger charge is -2.35. The lowest BCUT2D eigenvalue weighted by atomic mass is 9.85. The average molecular weight is 493 g/mol. The van der Waals surface area contributed by atoms with Crippen LogP contribution in [0, 0.1) is 27.7 Å². The van der Waals surface area contributed by atoms with Gasteiger partial charge in [0.2, 0.25) is 0 Å². The van der Waals surface area contributed by atoms with E-state index < -0.39 is 16.0 Å². The molecular formula is C28H32N2O4S. The Labute approximate surface area is 207 Å². The number of hydrogen-bond acceptors (Lipinski definition) is 4. The second-order valence-electron chi connectivity index (χ2n) is 9.46. The minimum Gasteiger partial charge on any atom is -0.478 e. The molecular weight excluding hydrogens is 460 g/mol. The van der Waals surface area contributed by atoms with E-state index in [9.17, 15) is 18.3 Å². The summed E-state index contributed by atoms with van der Waals surface area (Å²) in [7, 11) is -3.93. The van der Waals surface area contributed by atoms with Crippen molar-refractivity contribution in [1.82, 2.24) is 0 Å². The molecule has 1 heterocycles. The zero-order valence-electron chi connectivity index (χ0n) is 20.6. The summed E-state index contributed by atoms with van der Waals surface area (Å²) in [6, 6.07) is 16.6. The standard InChI is InChI=1S/C28H32N2O4S/c1-18-8-9-20(3)27(16-18)35(33,34)29-26-11-10-23(17-25(26)28(31)32)30-14-12-22(13-15-30)24-7-5-6-19(2)21(24)4/h5-11,16-17,22,29H,12-15H2,1-4H3,(H,31,32). The zero-order chi connectivity index (χ0) is 25.3. The molecule has 0 saturated carbocycles. The number of sulfonamides is 1. The van der Waals surface area contributed by atoms with E-state index in [0.29, 0.717) is 11.5 Å². The average Bonchev–Trinajstić information content (AvgIpc) is 2.82. The lowest BCUT2D eigenvalue weighted by Crippen LogP contribution is -2.33. The maximum atomic E-state index is 13.0. The number of carboxylic acid groups (broad SMARTS) is 1. The minimum atomic E-state index is -3.93. The van der Waals surface area contributed by atoms with Crippen LogP contribution in [0.25, 0.3) is 0 Å². The third-order valence-corrected chi connectivity index (χ3v) is 8.57. The largest absolute Gasteiger partial charge is 0.478 e. The van der Waals surface area contributed by atoms with Crippen molar-refractivity contribution in [2.24, 2.45) is 0 Å². The first-order valence-electron chi connectivity index (χ1n) is 11.9. The number of anilines is 2. The third kappa shape index (κ3) is 5.20. The van der Waals surface area contributed by atoms with E-state index in [4.69, 9.17) is 0 Å². The van der Waals surface area contributed by atoms with Gasteiger partial charge < -0.3 is 10.0 Å². The fourth-order valence-corrected chi connectivity index (χ4v) is 6.27. The van der Waals surface area contributed by atoms with Crippen molar-refractivity contribution in [3.8, 4) is 0 Å². The Kier molecular flexibility index (Phi) is 6.90. The van der Waals surface area contributed by atoms with Gasteiger partial charge in [-0.1, -0.05) is 30.3 Å². The molecule has 35 heavy (non-hydrogen) atoms. The quantitative estimate of drug-likeness (QED) is 0.454. The van der Waals surface area contributed by atoms with E-state index in [0.717, 1.165) is 37.2 Å². The molecule has 0 amide bonds. The van der Waals surface area contributed by atoms with Gasteiger partial charge in [-0.15, -0.1) is 0 Å². The van der Waals surface area contributed by atoms with Crippen LogP contribution in [-0.4, -0.2) is 32.6 Å². The fraction of sp³-hybridized carbons (Fsp3) is 0.321. The van der Waals surface area contributed by atoms with Crippen molar-refractivity contribution in [3.63, 3.8) is 0 Å². The molecule has 6 nitrogen and oxygen atoms in total. The summed E-state index contributed by atoms with van der Waals surface area (Å²) >= 11 is 0. The highest BCUT2D eigenvalue weighted by Crippen LogP contribution is 2.34. The highest BCUT2D eigenvalue weighted by atomic mass is 32.2. The molecule has 1 saturated heterocycles. The molecule has 0 unspecified atom stereocenters. The van der Waals surface area contributed by atoms with Crippen LogP contribution in [0.4, 0.5) is 11.4 Å². The van der Waals surface area contributed by atoms with Gasteiger partial charge in [0.15, 0.2) is 0 Å². The van der Waals surface area contributed by atoms with E-state index in [1.165, 1.54) is 16.7 Å². The van der Waals surface area contributed by atoms with Crippen LogP contribution in [0.1, 0.15) is 56.9 Å². The third-order valence-electron chi connectivity index (χ3n) is 7.06. The monoisotopic (exact) mass is 492 g/mol. The Morgan fingerprint density at radius 2 is 1.66 bits per heavy atom. The number of nitrogens with one attached hydrogen (secondary N) is 1. The molecule has 1 fully saturated rings. The number of aromatic carboxylic acids is 1. The molecule has 0 aliphatic carbocycles. The van der Waals surface area contributed by atoms with E-state index in [-0.39, 0.29) is 16.1 Å². The van der Waals surface area contributed by atoms with Gasteiger partial charge >= 0.3 is 5.97 Å². The van der Waals surface area contributed by atoms with Crippen molar-refractivity contribution >= 4 is 27.4 Å². The van der Waals surface area contributed by atoms with Crippen LogP contribution in [-0.2, 0) is 10.0 Å². The van der Waals surface area contributed by atoms with Crippen LogP contribution in [0.2, 0.25) is 0 Å². The first-order valence-corrected chi connectivity index (χ1v) is 13.3. The number of hydrogen-bond donors (Lipinski definition) is 2. The van der Waals surface area contributed by atoms with Crippen molar-refractivity contribution < 1.29 is 18.3 Å². The predicted molar refractivity (Wildman–Crippen MR) is 140 cm³/mol. The van der Waals surface area contributed by atoms with Crippen LogP contribution in [0.3, 0.4) is 0 Å². The van der Waals surface area contributed by atoms with E-state index >= 15 is 0 Å². The number of carbonyl (C=O) groups is 1. The number of nitrogens with zero attached hydrogens (tertiary/aromatic N) is 1. The van der Waals surface area contributed by atoms with Gasteiger partial charge in [-0.05, 0) is 98.5 Å². The predicted octanol–water partition coefficient (Wildman–Crippen LogP) is 5.80. The normalized spacial score (nSPS) is 14.7. The molecule has 3 aromatic carbocycles.